The molecule has 3 rings (SSSR count). The van der Waals surface area contributed by atoms with Crippen LogP contribution in [-0.2, 0) is 14.8 Å². The number of pyridine rings is 1. The van der Waals surface area contributed by atoms with Gasteiger partial charge in [-0.15, -0.1) is 0 Å². The number of carbonyl (C=O) groups is 1. The lowest BCUT2D eigenvalue weighted by Crippen LogP contribution is -2.30. The third-order valence-electron chi connectivity index (χ3n) is 5.22. The van der Waals surface area contributed by atoms with E-state index in [0.29, 0.717) is 49.7 Å². The Morgan fingerprint density at radius 3 is 2.50 bits per heavy atom. The Hall–Kier alpha value is -3.37. The predicted molar refractivity (Wildman–Crippen MR) is 131 cm³/mol. The largest absolute Gasteiger partial charge is 0.494 e. The van der Waals surface area contributed by atoms with Gasteiger partial charge >= 0.3 is 0 Å². The number of hydrogen-bond donors (Lipinski definition) is 2. The molecule has 9 nitrogen and oxygen atoms in total. The maximum atomic E-state index is 13.2. The van der Waals surface area contributed by atoms with Crippen molar-refractivity contribution in [3.8, 4) is 5.75 Å². The minimum atomic E-state index is -3.96. The number of sulfonamides is 1. The molecule has 1 amide bonds. The third kappa shape index (κ3) is 5.57. The van der Waals surface area contributed by atoms with Crippen molar-refractivity contribution in [1.82, 2.24) is 10.3 Å². The summed E-state index contributed by atoms with van der Waals surface area (Å²) in [5.41, 5.74) is 0.244. The molecule has 0 aliphatic rings. The van der Waals surface area contributed by atoms with Gasteiger partial charge in [0, 0.05) is 43.9 Å². The van der Waals surface area contributed by atoms with E-state index in [0.717, 1.165) is 4.31 Å². The molecular formula is C24H29N3O6S. The molecule has 3 aromatic rings. The molecule has 0 bridgehead atoms. The van der Waals surface area contributed by atoms with Gasteiger partial charge in [0.15, 0.2) is 0 Å². The Morgan fingerprint density at radius 1 is 1.09 bits per heavy atom. The minimum absolute atomic E-state index is 0.0591. The SMILES string of the molecule is CCOCCCNC(=O)c1c[nH]c2ccc(S(=O)(=O)N(C)c3ccc(OCC)cc3)cc2c1=O. The number of aromatic nitrogens is 1. The molecule has 0 atom stereocenters. The van der Waals surface area contributed by atoms with Crippen LogP contribution in [0.25, 0.3) is 10.9 Å². The number of anilines is 1. The number of nitrogens with one attached hydrogen (secondary N) is 2. The maximum Gasteiger partial charge on any atom is 0.264 e. The van der Waals surface area contributed by atoms with Crippen molar-refractivity contribution < 1.29 is 22.7 Å². The standard InChI is InChI=1S/C24H29N3O6S/c1-4-32-14-6-13-25-24(29)21-16-26-22-12-11-19(15-20(22)23(21)28)34(30,31)27(3)17-7-9-18(10-8-17)33-5-2/h7-12,15-16H,4-6,13-14H2,1-3H3,(H,25,29)(H,26,28). The van der Waals surface area contributed by atoms with Crippen LogP contribution in [0.15, 0.2) is 58.4 Å². The number of fused-ring (bicyclic) bond motifs is 1. The Balaban J connectivity index is 1.87. The van der Waals surface area contributed by atoms with Crippen molar-refractivity contribution in [2.75, 3.05) is 37.7 Å². The van der Waals surface area contributed by atoms with Crippen LogP contribution in [-0.4, -0.2) is 52.7 Å². The molecule has 182 valence electrons. The number of H-pyrrole nitrogens is 1. The molecule has 0 saturated heterocycles. The molecule has 34 heavy (non-hydrogen) atoms. The van der Waals surface area contributed by atoms with Gasteiger partial charge < -0.3 is 19.8 Å². The average Bonchev–Trinajstić information content (AvgIpc) is 2.84. The normalized spacial score (nSPS) is 11.4. The highest BCUT2D eigenvalue weighted by Crippen LogP contribution is 2.25. The zero-order valence-electron chi connectivity index (χ0n) is 19.5. The van der Waals surface area contributed by atoms with Crippen LogP contribution in [0.2, 0.25) is 0 Å². The van der Waals surface area contributed by atoms with E-state index in [1.165, 1.54) is 31.4 Å². The number of rotatable bonds is 11. The predicted octanol–water partition coefficient (Wildman–Crippen LogP) is 2.91. The topological polar surface area (TPSA) is 118 Å². The molecule has 0 radical (unpaired) electrons. The van der Waals surface area contributed by atoms with Gasteiger partial charge in [0.1, 0.15) is 11.3 Å². The van der Waals surface area contributed by atoms with Gasteiger partial charge in [-0.05, 0) is 62.7 Å². The number of nitrogens with zero attached hydrogens (tertiary/aromatic N) is 1. The molecule has 0 saturated carbocycles. The highest BCUT2D eigenvalue weighted by atomic mass is 32.2. The summed E-state index contributed by atoms with van der Waals surface area (Å²) in [5.74, 6) is 0.109. The zero-order valence-corrected chi connectivity index (χ0v) is 20.3. The second kappa shape index (κ2) is 11.2. The number of amides is 1. The quantitative estimate of drug-likeness (QED) is 0.402. The van der Waals surface area contributed by atoms with Gasteiger partial charge in [-0.2, -0.15) is 0 Å². The summed E-state index contributed by atoms with van der Waals surface area (Å²) in [6, 6.07) is 10.9. The molecule has 1 heterocycles. The first-order valence-electron chi connectivity index (χ1n) is 11.0. The van der Waals surface area contributed by atoms with Crippen LogP contribution in [0, 0.1) is 0 Å². The molecule has 0 spiro atoms. The molecule has 0 aliphatic heterocycles. The van der Waals surface area contributed by atoms with Crippen LogP contribution < -0.4 is 19.8 Å². The summed E-state index contributed by atoms with van der Waals surface area (Å²) in [5, 5.41) is 2.80. The van der Waals surface area contributed by atoms with E-state index in [2.05, 4.69) is 10.3 Å². The monoisotopic (exact) mass is 487 g/mol. The molecule has 0 fully saturated rings. The molecule has 2 N–H and O–H groups in total. The van der Waals surface area contributed by atoms with Crippen molar-refractivity contribution in [3.63, 3.8) is 0 Å². The van der Waals surface area contributed by atoms with Gasteiger partial charge in [-0.3, -0.25) is 13.9 Å². The molecular weight excluding hydrogens is 458 g/mol. The van der Waals surface area contributed by atoms with Crippen LogP contribution in [0.3, 0.4) is 0 Å². The summed E-state index contributed by atoms with van der Waals surface area (Å²) in [7, 11) is -2.52. The third-order valence-corrected chi connectivity index (χ3v) is 7.00. The van der Waals surface area contributed by atoms with E-state index < -0.39 is 21.4 Å². The average molecular weight is 488 g/mol. The summed E-state index contributed by atoms with van der Waals surface area (Å²) < 4.78 is 38.2. The fourth-order valence-corrected chi connectivity index (χ4v) is 4.58. The lowest BCUT2D eigenvalue weighted by atomic mass is 10.1. The smallest absolute Gasteiger partial charge is 0.264 e. The van der Waals surface area contributed by atoms with E-state index in [1.54, 1.807) is 24.3 Å². The second-order valence-electron chi connectivity index (χ2n) is 7.44. The Morgan fingerprint density at radius 2 is 1.82 bits per heavy atom. The van der Waals surface area contributed by atoms with Crippen LogP contribution in [0.4, 0.5) is 5.69 Å². The fraction of sp³-hybridized carbons (Fsp3) is 0.333. The van der Waals surface area contributed by atoms with Gasteiger partial charge in [-0.25, -0.2) is 8.42 Å². The van der Waals surface area contributed by atoms with E-state index in [9.17, 15) is 18.0 Å². The molecule has 2 aromatic carbocycles. The van der Waals surface area contributed by atoms with E-state index in [1.807, 2.05) is 13.8 Å². The van der Waals surface area contributed by atoms with Crippen molar-refractivity contribution in [1.29, 1.82) is 0 Å². The van der Waals surface area contributed by atoms with Crippen molar-refractivity contribution in [2.45, 2.75) is 25.2 Å². The first-order valence-corrected chi connectivity index (χ1v) is 12.5. The van der Waals surface area contributed by atoms with Gasteiger partial charge in [0.2, 0.25) is 5.43 Å². The zero-order chi connectivity index (χ0) is 24.7. The van der Waals surface area contributed by atoms with Crippen molar-refractivity contribution in [2.24, 2.45) is 0 Å². The summed E-state index contributed by atoms with van der Waals surface area (Å²) >= 11 is 0. The Labute approximate surface area is 198 Å². The number of benzene rings is 2. The number of aromatic amines is 1. The maximum absolute atomic E-state index is 13.2. The van der Waals surface area contributed by atoms with Gasteiger partial charge in [0.25, 0.3) is 15.9 Å². The molecule has 0 unspecified atom stereocenters. The Bertz CT molecular complexity index is 1300. The first kappa shape index (κ1) is 25.3. The van der Waals surface area contributed by atoms with Crippen LogP contribution in [0.1, 0.15) is 30.6 Å². The number of ether oxygens (including phenoxy) is 2. The van der Waals surface area contributed by atoms with Crippen molar-refractivity contribution in [3.05, 3.63) is 64.4 Å². The molecule has 1 aromatic heterocycles. The summed E-state index contributed by atoms with van der Waals surface area (Å²) in [6.45, 7) is 5.72. The second-order valence-corrected chi connectivity index (χ2v) is 9.41. The summed E-state index contributed by atoms with van der Waals surface area (Å²) in [6.07, 6.45) is 1.95. The lowest BCUT2D eigenvalue weighted by Gasteiger charge is -2.20. The lowest BCUT2D eigenvalue weighted by molar-refractivity contribution is 0.0943. The highest BCUT2D eigenvalue weighted by molar-refractivity contribution is 7.92. The molecule has 0 aliphatic carbocycles. The Kier molecular flexibility index (Phi) is 8.30. The van der Waals surface area contributed by atoms with Crippen molar-refractivity contribution >= 4 is 32.5 Å². The van der Waals surface area contributed by atoms with E-state index in [-0.39, 0.29) is 15.8 Å². The highest BCUT2D eigenvalue weighted by Gasteiger charge is 2.23. The van der Waals surface area contributed by atoms with E-state index >= 15 is 0 Å². The number of carbonyl (C=O) groups excluding carboxylic acids is 1. The fourth-order valence-electron chi connectivity index (χ4n) is 3.36. The van der Waals surface area contributed by atoms with Gasteiger partial charge in [0.05, 0.1) is 17.2 Å². The molecule has 10 heteroatoms. The van der Waals surface area contributed by atoms with Crippen LogP contribution in [0.5, 0.6) is 5.75 Å². The van der Waals surface area contributed by atoms with Gasteiger partial charge in [-0.1, -0.05) is 0 Å². The van der Waals surface area contributed by atoms with Crippen LogP contribution >= 0.6 is 0 Å². The minimum Gasteiger partial charge on any atom is -0.494 e. The first-order chi connectivity index (χ1) is 16.3. The number of hydrogen-bond acceptors (Lipinski definition) is 6. The summed E-state index contributed by atoms with van der Waals surface area (Å²) in [4.78, 5) is 28.3. The van der Waals surface area contributed by atoms with E-state index in [4.69, 9.17) is 9.47 Å².